The molecule has 1 aromatic carbocycles. The maximum Gasteiger partial charge on any atom is 0.121 e. The molecule has 1 aliphatic rings. The van der Waals surface area contributed by atoms with Crippen LogP contribution in [0, 0.1) is 0 Å². The Labute approximate surface area is 106 Å². The number of aromatic nitrogens is 1. The molecule has 96 valence electrons. The van der Waals surface area contributed by atoms with Crippen molar-refractivity contribution in [3.05, 3.63) is 29.5 Å². The van der Waals surface area contributed by atoms with Gasteiger partial charge in [0.05, 0.1) is 0 Å². The van der Waals surface area contributed by atoms with Gasteiger partial charge in [0, 0.05) is 35.2 Å². The summed E-state index contributed by atoms with van der Waals surface area (Å²) < 4.78 is 5.55. The molecule has 5 N–H and O–H groups in total. The Morgan fingerprint density at radius 3 is 3.11 bits per heavy atom. The number of fused-ring (bicyclic) bond motifs is 3. The van der Waals surface area contributed by atoms with E-state index in [-0.39, 0.29) is 0 Å². The minimum Gasteiger partial charge on any atom is -0.492 e. The van der Waals surface area contributed by atoms with Crippen LogP contribution in [0.2, 0.25) is 0 Å². The van der Waals surface area contributed by atoms with Crippen molar-refractivity contribution in [2.24, 2.45) is 11.5 Å². The number of rotatable bonds is 3. The quantitative estimate of drug-likeness (QED) is 0.763. The van der Waals surface area contributed by atoms with Crippen LogP contribution in [0.25, 0.3) is 10.9 Å². The highest BCUT2D eigenvalue weighted by molar-refractivity contribution is 5.86. The van der Waals surface area contributed by atoms with E-state index < -0.39 is 0 Å². The molecule has 0 aliphatic heterocycles. The minimum atomic E-state index is 0.296. The molecule has 0 radical (unpaired) electrons. The molecule has 1 heterocycles. The Balaban J connectivity index is 1.98. The second-order valence-corrected chi connectivity index (χ2v) is 4.93. The topological polar surface area (TPSA) is 77.1 Å². The lowest BCUT2D eigenvalue weighted by molar-refractivity contribution is 0.329. The zero-order chi connectivity index (χ0) is 12.5. The van der Waals surface area contributed by atoms with E-state index in [1.165, 1.54) is 16.6 Å². The smallest absolute Gasteiger partial charge is 0.121 e. The molecule has 1 aliphatic carbocycles. The van der Waals surface area contributed by atoms with Crippen molar-refractivity contribution in [2.45, 2.75) is 25.3 Å². The van der Waals surface area contributed by atoms with E-state index in [0.717, 1.165) is 30.5 Å². The monoisotopic (exact) mass is 245 g/mol. The Morgan fingerprint density at radius 1 is 1.39 bits per heavy atom. The molecule has 4 nitrogen and oxygen atoms in total. The minimum absolute atomic E-state index is 0.296. The number of hydrogen-bond acceptors (Lipinski definition) is 3. The molecule has 1 unspecified atom stereocenters. The van der Waals surface area contributed by atoms with Crippen LogP contribution >= 0.6 is 0 Å². The summed E-state index contributed by atoms with van der Waals surface area (Å²) >= 11 is 0. The van der Waals surface area contributed by atoms with E-state index in [0.29, 0.717) is 19.2 Å². The number of H-pyrrole nitrogens is 1. The van der Waals surface area contributed by atoms with Crippen molar-refractivity contribution in [3.8, 4) is 5.75 Å². The highest BCUT2D eigenvalue weighted by Gasteiger charge is 2.20. The Hall–Kier alpha value is -1.52. The molecule has 0 amide bonds. The SMILES string of the molecule is NCCOc1ccc2c3c([nH]c2c1)CCC(N)C3. The van der Waals surface area contributed by atoms with Gasteiger partial charge in [-0.1, -0.05) is 0 Å². The standard InChI is InChI=1S/C14H19N3O/c15-5-6-18-10-2-3-11-12-7-9(16)1-4-13(12)17-14(11)8-10/h2-3,8-9,17H,1,4-7,15-16H2. The van der Waals surface area contributed by atoms with E-state index >= 15 is 0 Å². The van der Waals surface area contributed by atoms with Gasteiger partial charge in [-0.15, -0.1) is 0 Å². The van der Waals surface area contributed by atoms with E-state index in [4.69, 9.17) is 16.2 Å². The van der Waals surface area contributed by atoms with E-state index in [1.54, 1.807) is 0 Å². The summed E-state index contributed by atoms with van der Waals surface area (Å²) in [5, 5.41) is 1.28. The average Bonchev–Trinajstić information content (AvgIpc) is 2.73. The second-order valence-electron chi connectivity index (χ2n) is 4.93. The van der Waals surface area contributed by atoms with Gasteiger partial charge in [0.2, 0.25) is 0 Å². The van der Waals surface area contributed by atoms with Crippen LogP contribution in [0.1, 0.15) is 17.7 Å². The number of aryl methyl sites for hydroxylation is 1. The Bertz CT molecular complexity index is 561. The van der Waals surface area contributed by atoms with Crippen molar-refractivity contribution in [3.63, 3.8) is 0 Å². The molecule has 0 spiro atoms. The summed E-state index contributed by atoms with van der Waals surface area (Å²) in [6.45, 7) is 1.09. The van der Waals surface area contributed by atoms with Gasteiger partial charge in [-0.25, -0.2) is 0 Å². The van der Waals surface area contributed by atoms with Crippen molar-refractivity contribution < 1.29 is 4.74 Å². The predicted molar refractivity (Wildman–Crippen MR) is 72.8 cm³/mol. The third-order valence-electron chi connectivity index (χ3n) is 3.58. The Kier molecular flexibility index (Phi) is 2.97. The lowest BCUT2D eigenvalue weighted by Gasteiger charge is -2.18. The van der Waals surface area contributed by atoms with E-state index in [1.807, 2.05) is 6.07 Å². The van der Waals surface area contributed by atoms with Gasteiger partial charge in [-0.05, 0) is 37.0 Å². The number of benzene rings is 1. The first kappa shape index (κ1) is 11.6. The number of nitrogens with two attached hydrogens (primary N) is 2. The number of nitrogens with one attached hydrogen (secondary N) is 1. The van der Waals surface area contributed by atoms with Crippen molar-refractivity contribution in [1.29, 1.82) is 0 Å². The normalized spacial score (nSPS) is 18.9. The third kappa shape index (κ3) is 1.98. The van der Waals surface area contributed by atoms with Crippen LogP contribution in [-0.2, 0) is 12.8 Å². The molecular weight excluding hydrogens is 226 g/mol. The number of hydrogen-bond donors (Lipinski definition) is 3. The molecule has 2 aromatic rings. The van der Waals surface area contributed by atoms with Gasteiger partial charge in [0.25, 0.3) is 0 Å². The van der Waals surface area contributed by atoms with Gasteiger partial charge in [0.1, 0.15) is 12.4 Å². The fourth-order valence-corrected chi connectivity index (χ4v) is 2.70. The summed E-state index contributed by atoms with van der Waals surface area (Å²) in [7, 11) is 0. The van der Waals surface area contributed by atoms with E-state index in [9.17, 15) is 0 Å². The van der Waals surface area contributed by atoms with Gasteiger partial charge in [0.15, 0.2) is 0 Å². The number of ether oxygens (including phenoxy) is 1. The summed E-state index contributed by atoms with van der Waals surface area (Å²) in [5.74, 6) is 0.871. The van der Waals surface area contributed by atoms with Gasteiger partial charge >= 0.3 is 0 Å². The van der Waals surface area contributed by atoms with Crippen molar-refractivity contribution in [2.75, 3.05) is 13.2 Å². The molecule has 0 fully saturated rings. The first-order chi connectivity index (χ1) is 8.78. The maximum atomic E-state index is 6.04. The fourth-order valence-electron chi connectivity index (χ4n) is 2.70. The number of aromatic amines is 1. The lowest BCUT2D eigenvalue weighted by atomic mass is 9.92. The van der Waals surface area contributed by atoms with Crippen LogP contribution < -0.4 is 16.2 Å². The largest absolute Gasteiger partial charge is 0.492 e. The highest BCUT2D eigenvalue weighted by Crippen LogP contribution is 2.30. The highest BCUT2D eigenvalue weighted by atomic mass is 16.5. The summed E-state index contributed by atoms with van der Waals surface area (Å²) in [4.78, 5) is 3.49. The zero-order valence-corrected chi connectivity index (χ0v) is 10.4. The third-order valence-corrected chi connectivity index (χ3v) is 3.58. The lowest BCUT2D eigenvalue weighted by Crippen LogP contribution is -2.27. The summed E-state index contributed by atoms with van der Waals surface area (Å²) in [6, 6.07) is 6.47. The summed E-state index contributed by atoms with van der Waals surface area (Å²) in [5.41, 5.74) is 15.3. The predicted octanol–water partition coefficient (Wildman–Crippen LogP) is 1.32. The second kappa shape index (κ2) is 4.63. The molecule has 4 heteroatoms. The molecule has 1 atom stereocenters. The molecule has 3 rings (SSSR count). The van der Waals surface area contributed by atoms with Crippen LogP contribution in [0.3, 0.4) is 0 Å². The average molecular weight is 245 g/mol. The first-order valence-corrected chi connectivity index (χ1v) is 6.50. The molecule has 1 aromatic heterocycles. The molecular formula is C14H19N3O. The van der Waals surface area contributed by atoms with Crippen LogP contribution in [-0.4, -0.2) is 24.2 Å². The van der Waals surface area contributed by atoms with Crippen LogP contribution in [0.5, 0.6) is 5.75 Å². The van der Waals surface area contributed by atoms with Gasteiger partial charge in [-0.3, -0.25) is 0 Å². The zero-order valence-electron chi connectivity index (χ0n) is 10.4. The Morgan fingerprint density at radius 2 is 2.28 bits per heavy atom. The molecule has 0 bridgehead atoms. The summed E-state index contributed by atoms with van der Waals surface area (Å²) in [6.07, 6.45) is 3.08. The molecule has 0 saturated heterocycles. The van der Waals surface area contributed by atoms with Crippen LogP contribution in [0.4, 0.5) is 0 Å². The van der Waals surface area contributed by atoms with Crippen LogP contribution in [0.15, 0.2) is 18.2 Å². The van der Waals surface area contributed by atoms with Gasteiger partial charge < -0.3 is 21.2 Å². The van der Waals surface area contributed by atoms with Crippen molar-refractivity contribution in [1.82, 2.24) is 4.98 Å². The molecule has 18 heavy (non-hydrogen) atoms. The van der Waals surface area contributed by atoms with E-state index in [2.05, 4.69) is 17.1 Å². The fraction of sp³-hybridized carbons (Fsp3) is 0.429. The first-order valence-electron chi connectivity index (χ1n) is 6.50. The molecule has 0 saturated carbocycles. The maximum absolute atomic E-state index is 6.04. The van der Waals surface area contributed by atoms with Crippen molar-refractivity contribution >= 4 is 10.9 Å². The van der Waals surface area contributed by atoms with Gasteiger partial charge in [-0.2, -0.15) is 0 Å².